The molecule has 10 rings (SSSR count). The Morgan fingerprint density at radius 1 is 0.509 bits per heavy atom. The summed E-state index contributed by atoms with van der Waals surface area (Å²) < 4.78 is 52.9. The molecule has 0 saturated carbocycles. The van der Waals surface area contributed by atoms with Crippen molar-refractivity contribution in [2.45, 2.75) is 25.3 Å². The first-order valence-electron chi connectivity index (χ1n) is 18.6. The normalized spacial score (nSPS) is 17.3. The smallest absolute Gasteiger partial charge is 0.144 e. The zero-order valence-electron chi connectivity index (χ0n) is 30.3. The molecular formula is C50H35F3N2. The second-order valence-electron chi connectivity index (χ2n) is 14.8. The number of halogens is 3. The van der Waals surface area contributed by atoms with E-state index >= 15 is 13.2 Å². The van der Waals surface area contributed by atoms with E-state index in [1.54, 1.807) is 36.4 Å². The van der Waals surface area contributed by atoms with Crippen LogP contribution in [0.25, 0.3) is 60.9 Å². The van der Waals surface area contributed by atoms with Crippen molar-refractivity contribution in [3.63, 3.8) is 0 Å². The largest absolute Gasteiger partial charge is 0.333 e. The lowest BCUT2D eigenvalue weighted by molar-refractivity contribution is 0.550. The summed E-state index contributed by atoms with van der Waals surface area (Å²) in [7, 11) is 0. The van der Waals surface area contributed by atoms with E-state index in [1.807, 2.05) is 73.7 Å². The van der Waals surface area contributed by atoms with Gasteiger partial charge in [-0.25, -0.2) is 13.2 Å². The van der Waals surface area contributed by atoms with Gasteiger partial charge in [0.25, 0.3) is 0 Å². The van der Waals surface area contributed by atoms with E-state index in [2.05, 4.69) is 83.2 Å². The van der Waals surface area contributed by atoms with Gasteiger partial charge in [-0.05, 0) is 78.6 Å². The van der Waals surface area contributed by atoms with E-state index in [0.29, 0.717) is 16.7 Å². The Balaban J connectivity index is 1.11. The van der Waals surface area contributed by atoms with Crippen LogP contribution in [0.2, 0.25) is 0 Å². The predicted octanol–water partition coefficient (Wildman–Crippen LogP) is 13.4. The third kappa shape index (κ3) is 4.96. The van der Waals surface area contributed by atoms with E-state index in [9.17, 15) is 0 Å². The molecule has 0 saturated heterocycles. The molecule has 266 valence electrons. The Hall–Kier alpha value is -6.59. The maximum Gasteiger partial charge on any atom is 0.144 e. The van der Waals surface area contributed by atoms with Crippen LogP contribution in [0.15, 0.2) is 170 Å². The van der Waals surface area contributed by atoms with Gasteiger partial charge in [0.15, 0.2) is 0 Å². The van der Waals surface area contributed by atoms with Crippen molar-refractivity contribution in [1.29, 1.82) is 0 Å². The van der Waals surface area contributed by atoms with Crippen LogP contribution in [0.3, 0.4) is 0 Å². The summed E-state index contributed by atoms with van der Waals surface area (Å²) >= 11 is 0. The van der Waals surface area contributed by atoms with Crippen LogP contribution in [0.5, 0.6) is 0 Å². The second kappa shape index (κ2) is 12.5. The SMILES string of the molecule is Cc1ccc(-c2c(F)c(-c3ccc(N4c5ccccc5C5(C)C=CC=CC45)cc3)c(F)c(-c3ccc(-n4c5ccccc5c5ccccc54)cc3)c2F)cc1. The fourth-order valence-corrected chi connectivity index (χ4v) is 8.83. The third-order valence-electron chi connectivity index (χ3n) is 11.6. The summed E-state index contributed by atoms with van der Waals surface area (Å²) in [5.74, 6) is -2.81. The maximum atomic E-state index is 17.1. The molecule has 5 heteroatoms. The fraction of sp³-hybridized carbons (Fsp3) is 0.0800. The van der Waals surface area contributed by atoms with Gasteiger partial charge in [0.2, 0.25) is 0 Å². The molecule has 0 amide bonds. The Morgan fingerprint density at radius 3 is 1.55 bits per heavy atom. The minimum Gasteiger partial charge on any atom is -0.333 e. The van der Waals surface area contributed by atoms with Gasteiger partial charge in [-0.1, -0.05) is 133 Å². The number of rotatable bonds is 5. The monoisotopic (exact) mass is 720 g/mol. The van der Waals surface area contributed by atoms with Crippen molar-refractivity contribution >= 4 is 33.2 Å². The zero-order valence-corrected chi connectivity index (χ0v) is 30.3. The molecule has 0 N–H and O–H groups in total. The van der Waals surface area contributed by atoms with E-state index in [0.717, 1.165) is 44.4 Å². The average Bonchev–Trinajstić information content (AvgIpc) is 3.69. The lowest BCUT2D eigenvalue weighted by atomic mass is 9.76. The van der Waals surface area contributed by atoms with Crippen molar-refractivity contribution in [2.24, 2.45) is 0 Å². The van der Waals surface area contributed by atoms with Crippen LogP contribution in [0.4, 0.5) is 24.5 Å². The first-order valence-corrected chi connectivity index (χ1v) is 18.6. The number of fused-ring (bicyclic) bond motifs is 6. The first kappa shape index (κ1) is 33.0. The standard InChI is InChI=1S/C50H35F3N2/c1-31-18-20-32(21-19-31)44-47(51)45(33-22-26-35(27-23-33)54-40-14-6-3-11-37(40)38-12-4-7-15-41(38)54)49(53)46(48(44)52)34-24-28-36(29-25-34)55-42-16-8-5-13-39(42)50(2)30-10-9-17-43(50)55/h3-30,43H,1-2H3. The summed E-state index contributed by atoms with van der Waals surface area (Å²) in [6.45, 7) is 4.15. The van der Waals surface area contributed by atoms with Gasteiger partial charge in [-0.2, -0.15) is 0 Å². The fourth-order valence-electron chi connectivity index (χ4n) is 8.83. The number of aromatic nitrogens is 1. The molecular weight excluding hydrogens is 686 g/mol. The third-order valence-corrected chi connectivity index (χ3v) is 11.6. The minimum atomic E-state index is -0.942. The van der Waals surface area contributed by atoms with Gasteiger partial charge in [0.1, 0.15) is 17.5 Å². The molecule has 2 nitrogen and oxygen atoms in total. The van der Waals surface area contributed by atoms with Gasteiger partial charge in [0.05, 0.1) is 33.8 Å². The molecule has 2 aliphatic rings. The highest BCUT2D eigenvalue weighted by Gasteiger charge is 2.46. The molecule has 2 heterocycles. The van der Waals surface area contributed by atoms with Crippen LogP contribution in [0, 0.1) is 24.4 Å². The van der Waals surface area contributed by atoms with E-state index < -0.39 is 17.5 Å². The Morgan fingerprint density at radius 2 is 0.982 bits per heavy atom. The Bertz CT molecular complexity index is 2810. The highest BCUT2D eigenvalue weighted by atomic mass is 19.1. The lowest BCUT2D eigenvalue weighted by Crippen LogP contribution is -2.39. The van der Waals surface area contributed by atoms with Crippen LogP contribution in [-0.2, 0) is 5.41 Å². The van der Waals surface area contributed by atoms with Crippen LogP contribution in [0.1, 0.15) is 18.1 Å². The van der Waals surface area contributed by atoms with Gasteiger partial charge < -0.3 is 9.47 Å². The number of anilines is 2. The Labute approximate surface area is 317 Å². The maximum absolute atomic E-state index is 17.1. The molecule has 8 aromatic rings. The van der Waals surface area contributed by atoms with Crippen molar-refractivity contribution in [2.75, 3.05) is 4.90 Å². The molecule has 0 bridgehead atoms. The molecule has 0 fully saturated rings. The topological polar surface area (TPSA) is 8.17 Å². The molecule has 7 aromatic carbocycles. The van der Waals surface area contributed by atoms with Crippen LogP contribution < -0.4 is 4.90 Å². The zero-order chi connectivity index (χ0) is 37.4. The van der Waals surface area contributed by atoms with Crippen molar-refractivity contribution in [3.8, 4) is 39.1 Å². The number of aryl methyl sites for hydroxylation is 1. The Kier molecular flexibility index (Phi) is 7.50. The highest BCUT2D eigenvalue weighted by Crippen LogP contribution is 2.51. The quantitative estimate of drug-likeness (QED) is 0.172. The molecule has 0 radical (unpaired) electrons. The van der Waals surface area contributed by atoms with E-state index in [-0.39, 0.29) is 28.1 Å². The van der Waals surface area contributed by atoms with Gasteiger partial charge in [0, 0.05) is 33.2 Å². The predicted molar refractivity (Wildman–Crippen MR) is 220 cm³/mol. The van der Waals surface area contributed by atoms with Gasteiger partial charge in [-0.3, -0.25) is 0 Å². The summed E-state index contributed by atoms with van der Waals surface area (Å²) in [5, 5.41) is 2.23. The van der Waals surface area contributed by atoms with Crippen LogP contribution in [-0.4, -0.2) is 10.6 Å². The lowest BCUT2D eigenvalue weighted by Gasteiger charge is -2.34. The average molecular weight is 721 g/mol. The number of benzene rings is 7. The van der Waals surface area contributed by atoms with Gasteiger partial charge >= 0.3 is 0 Å². The van der Waals surface area contributed by atoms with Crippen molar-refractivity contribution < 1.29 is 13.2 Å². The summed E-state index contributed by atoms with van der Waals surface area (Å²) in [6, 6.07) is 46.2. The molecule has 1 aliphatic heterocycles. The van der Waals surface area contributed by atoms with E-state index in [4.69, 9.17) is 0 Å². The molecule has 1 aliphatic carbocycles. The van der Waals surface area contributed by atoms with Crippen molar-refractivity contribution in [3.05, 3.63) is 198 Å². The molecule has 2 unspecified atom stereocenters. The number of nitrogens with zero attached hydrogens (tertiary/aromatic N) is 2. The molecule has 55 heavy (non-hydrogen) atoms. The summed E-state index contributed by atoms with van der Waals surface area (Å²) in [5.41, 5.74) is 7.02. The first-order chi connectivity index (χ1) is 26.8. The number of allylic oxidation sites excluding steroid dienone is 2. The number of hydrogen-bond acceptors (Lipinski definition) is 1. The van der Waals surface area contributed by atoms with Crippen LogP contribution >= 0.6 is 0 Å². The summed E-state index contributed by atoms with van der Waals surface area (Å²) in [4.78, 5) is 2.28. The van der Waals surface area contributed by atoms with E-state index in [1.165, 1.54) is 5.56 Å². The molecule has 0 spiro atoms. The number of hydrogen-bond donors (Lipinski definition) is 0. The number of para-hydroxylation sites is 3. The van der Waals surface area contributed by atoms with Gasteiger partial charge in [-0.15, -0.1) is 0 Å². The molecule has 1 aromatic heterocycles. The minimum absolute atomic E-state index is 0.0327. The summed E-state index contributed by atoms with van der Waals surface area (Å²) in [6.07, 6.45) is 8.57. The van der Waals surface area contributed by atoms with Crippen molar-refractivity contribution in [1.82, 2.24) is 4.57 Å². The second-order valence-corrected chi connectivity index (χ2v) is 14.8. The molecule has 2 atom stereocenters. The highest BCUT2D eigenvalue weighted by molar-refractivity contribution is 6.09.